The normalized spacial score (nSPS) is 13.5. The number of carbonyl (C=O) groups is 1. The Balaban J connectivity index is 4.43. The van der Waals surface area contributed by atoms with Crippen molar-refractivity contribution in [1.82, 2.24) is 10.2 Å². The smallest absolute Gasteiger partial charge is 0.244 e. The molecule has 3 heteroatoms. The van der Waals surface area contributed by atoms with E-state index in [1.54, 1.807) is 6.08 Å². The molecule has 0 unspecified atom stereocenters. The Morgan fingerprint density at radius 2 is 1.75 bits per heavy atom. The Morgan fingerprint density at radius 1 is 1.20 bits per heavy atom. The number of nitrogens with one attached hydrogen (secondary N) is 1. The molecule has 1 amide bonds. The largest absolute Gasteiger partial charge is 0.348 e. The van der Waals surface area contributed by atoms with Crippen LogP contribution in [0.25, 0.3) is 0 Å². The van der Waals surface area contributed by atoms with Gasteiger partial charge in [-0.1, -0.05) is 33.8 Å². The van der Waals surface area contributed by atoms with Crippen LogP contribution in [-0.2, 0) is 4.79 Å². The zero-order chi connectivity index (χ0) is 16.0. The highest BCUT2D eigenvalue weighted by Gasteiger charge is 2.30. The van der Waals surface area contributed by atoms with Gasteiger partial charge in [0.1, 0.15) is 0 Å². The summed E-state index contributed by atoms with van der Waals surface area (Å²) >= 11 is 0. The summed E-state index contributed by atoms with van der Waals surface area (Å²) in [5, 5.41) is 3.12. The van der Waals surface area contributed by atoms with Crippen LogP contribution in [0.2, 0.25) is 0 Å². The molecule has 0 aliphatic carbocycles. The summed E-state index contributed by atoms with van der Waals surface area (Å²) in [7, 11) is 3.97. The molecule has 1 N–H and O–H groups in total. The number of likely N-dealkylation sites (N-methyl/N-ethyl adjacent to an activating group) is 1. The number of rotatable bonds is 8. The van der Waals surface area contributed by atoms with E-state index in [2.05, 4.69) is 46.9 Å². The lowest BCUT2D eigenvalue weighted by atomic mass is 9.75. The van der Waals surface area contributed by atoms with E-state index in [1.807, 2.05) is 25.1 Å². The zero-order valence-electron chi connectivity index (χ0n) is 14.7. The van der Waals surface area contributed by atoms with Crippen LogP contribution < -0.4 is 5.32 Å². The Hall–Kier alpha value is -0.830. The summed E-state index contributed by atoms with van der Waals surface area (Å²) in [6.45, 7) is 14.0. The van der Waals surface area contributed by atoms with Gasteiger partial charge in [-0.2, -0.15) is 0 Å². The molecule has 3 nitrogen and oxygen atoms in total. The van der Waals surface area contributed by atoms with Gasteiger partial charge >= 0.3 is 0 Å². The topological polar surface area (TPSA) is 32.3 Å². The van der Waals surface area contributed by atoms with Crippen molar-refractivity contribution in [2.45, 2.75) is 59.9 Å². The Bertz CT molecular complexity index is 328. The van der Waals surface area contributed by atoms with Crippen LogP contribution in [0.4, 0.5) is 0 Å². The minimum Gasteiger partial charge on any atom is -0.348 e. The molecule has 20 heavy (non-hydrogen) atoms. The van der Waals surface area contributed by atoms with Crippen LogP contribution in [0, 0.1) is 11.3 Å². The molecule has 0 aromatic heterocycles. The van der Waals surface area contributed by atoms with E-state index in [0.29, 0.717) is 5.92 Å². The maximum Gasteiger partial charge on any atom is 0.244 e. The summed E-state index contributed by atoms with van der Waals surface area (Å²) in [5.41, 5.74) is 0.0518. The van der Waals surface area contributed by atoms with Crippen LogP contribution in [0.1, 0.15) is 54.4 Å². The van der Waals surface area contributed by atoms with Crippen molar-refractivity contribution >= 4 is 5.91 Å². The molecule has 0 aromatic carbocycles. The molecule has 0 saturated heterocycles. The molecule has 0 spiro atoms. The number of hydrogen-bond donors (Lipinski definition) is 1. The van der Waals surface area contributed by atoms with E-state index in [4.69, 9.17) is 0 Å². The van der Waals surface area contributed by atoms with E-state index in [1.165, 1.54) is 6.42 Å². The van der Waals surface area contributed by atoms with Gasteiger partial charge in [-0.25, -0.2) is 0 Å². The van der Waals surface area contributed by atoms with Gasteiger partial charge in [0, 0.05) is 18.2 Å². The number of hydrogen-bond acceptors (Lipinski definition) is 2. The van der Waals surface area contributed by atoms with Crippen molar-refractivity contribution in [1.29, 1.82) is 0 Å². The molecule has 0 aliphatic heterocycles. The van der Waals surface area contributed by atoms with E-state index in [9.17, 15) is 4.79 Å². The molecule has 0 radical (unpaired) electrons. The summed E-state index contributed by atoms with van der Waals surface area (Å²) in [4.78, 5) is 14.0. The lowest BCUT2D eigenvalue weighted by Gasteiger charge is -2.36. The fourth-order valence-corrected chi connectivity index (χ4v) is 3.16. The Kier molecular flexibility index (Phi) is 7.50. The fraction of sp³-hybridized carbons (Fsp3) is 0.824. The summed E-state index contributed by atoms with van der Waals surface area (Å²) in [6, 6.07) is 0. The van der Waals surface area contributed by atoms with Crippen LogP contribution >= 0.6 is 0 Å². The zero-order valence-corrected chi connectivity index (χ0v) is 14.7. The second-order valence-electron chi connectivity index (χ2n) is 7.98. The monoisotopic (exact) mass is 282 g/mol. The average molecular weight is 282 g/mol. The van der Waals surface area contributed by atoms with Gasteiger partial charge < -0.3 is 10.2 Å². The molecule has 0 saturated carbocycles. The maximum atomic E-state index is 11.9. The van der Waals surface area contributed by atoms with Crippen molar-refractivity contribution in [3.63, 3.8) is 0 Å². The van der Waals surface area contributed by atoms with Crippen LogP contribution in [0.3, 0.4) is 0 Å². The van der Waals surface area contributed by atoms with Gasteiger partial charge in [-0.3, -0.25) is 4.79 Å². The van der Waals surface area contributed by atoms with Gasteiger partial charge in [0.25, 0.3) is 0 Å². The van der Waals surface area contributed by atoms with E-state index in [-0.39, 0.29) is 16.9 Å². The van der Waals surface area contributed by atoms with Crippen molar-refractivity contribution < 1.29 is 4.79 Å². The van der Waals surface area contributed by atoms with E-state index in [0.717, 1.165) is 13.0 Å². The third kappa shape index (κ3) is 10.0. The molecule has 118 valence electrons. The highest BCUT2D eigenvalue weighted by molar-refractivity contribution is 5.88. The van der Waals surface area contributed by atoms with Crippen molar-refractivity contribution in [3.8, 4) is 0 Å². The standard InChI is InChI=1S/C17H34N2O/c1-14(2)12-16(3,4)13-17(5,6)18-15(20)10-9-11-19(7)8/h9-10,14H,11-13H2,1-8H3,(H,18,20)/b10-9+. The molecule has 0 atom stereocenters. The highest BCUT2D eigenvalue weighted by atomic mass is 16.1. The van der Waals surface area contributed by atoms with Crippen molar-refractivity contribution in [2.24, 2.45) is 11.3 Å². The SMILES string of the molecule is CC(C)CC(C)(C)CC(C)(C)NC(=O)/C=C/CN(C)C. The molecule has 0 bridgehead atoms. The maximum absolute atomic E-state index is 11.9. The predicted octanol–water partition coefficient (Wildman–Crippen LogP) is 3.46. The molecule has 0 aromatic rings. The second kappa shape index (κ2) is 7.82. The Morgan fingerprint density at radius 3 is 2.20 bits per heavy atom. The van der Waals surface area contributed by atoms with Crippen LogP contribution in [-0.4, -0.2) is 37.0 Å². The predicted molar refractivity (Wildman–Crippen MR) is 87.8 cm³/mol. The molecular weight excluding hydrogens is 248 g/mol. The van der Waals surface area contributed by atoms with Gasteiger partial charge in [-0.15, -0.1) is 0 Å². The Labute approximate surface area is 125 Å². The van der Waals surface area contributed by atoms with Crippen LogP contribution in [0.5, 0.6) is 0 Å². The minimum absolute atomic E-state index is 0.00260. The number of nitrogens with zero attached hydrogens (tertiary/aromatic N) is 1. The van der Waals surface area contributed by atoms with Gasteiger partial charge in [0.15, 0.2) is 0 Å². The van der Waals surface area contributed by atoms with Gasteiger partial charge in [0.2, 0.25) is 5.91 Å². The fourth-order valence-electron chi connectivity index (χ4n) is 3.16. The summed E-state index contributed by atoms with van der Waals surface area (Å²) in [5.74, 6) is 0.675. The van der Waals surface area contributed by atoms with E-state index >= 15 is 0 Å². The van der Waals surface area contributed by atoms with Crippen molar-refractivity contribution in [3.05, 3.63) is 12.2 Å². The summed E-state index contributed by atoms with van der Waals surface area (Å²) < 4.78 is 0. The van der Waals surface area contributed by atoms with Crippen LogP contribution in [0.15, 0.2) is 12.2 Å². The van der Waals surface area contributed by atoms with Crippen molar-refractivity contribution in [2.75, 3.05) is 20.6 Å². The average Bonchev–Trinajstić information content (AvgIpc) is 2.10. The second-order valence-corrected chi connectivity index (χ2v) is 7.98. The van der Waals surface area contributed by atoms with Gasteiger partial charge in [-0.05, 0) is 52.1 Å². The highest BCUT2D eigenvalue weighted by Crippen LogP contribution is 2.34. The summed E-state index contributed by atoms with van der Waals surface area (Å²) in [6.07, 6.45) is 5.68. The lowest BCUT2D eigenvalue weighted by Crippen LogP contribution is -2.45. The minimum atomic E-state index is -0.183. The quantitative estimate of drug-likeness (QED) is 0.691. The lowest BCUT2D eigenvalue weighted by molar-refractivity contribution is -0.118. The molecule has 0 heterocycles. The molecule has 0 rings (SSSR count). The van der Waals surface area contributed by atoms with Gasteiger partial charge in [0.05, 0.1) is 0 Å². The third-order valence-electron chi connectivity index (χ3n) is 3.08. The van der Waals surface area contributed by atoms with E-state index < -0.39 is 0 Å². The molecule has 0 fully saturated rings. The first kappa shape index (κ1) is 19.2. The first-order valence-electron chi connectivity index (χ1n) is 7.57. The first-order chi connectivity index (χ1) is 8.93. The molecular formula is C17H34N2O. The number of carbonyl (C=O) groups excluding carboxylic acids is 1. The molecule has 0 aliphatic rings. The number of amides is 1. The third-order valence-corrected chi connectivity index (χ3v) is 3.08. The first-order valence-corrected chi connectivity index (χ1v) is 7.57.